The van der Waals surface area contributed by atoms with Crippen molar-refractivity contribution in [3.8, 4) is 0 Å². The lowest BCUT2D eigenvalue weighted by Crippen LogP contribution is -2.43. The first kappa shape index (κ1) is 13.8. The van der Waals surface area contributed by atoms with Gasteiger partial charge >= 0.3 is 0 Å². The van der Waals surface area contributed by atoms with Gasteiger partial charge in [0.25, 0.3) is 0 Å². The van der Waals surface area contributed by atoms with Crippen molar-refractivity contribution in [2.24, 2.45) is 0 Å². The van der Waals surface area contributed by atoms with Crippen LogP contribution < -0.4 is 10.6 Å². The van der Waals surface area contributed by atoms with E-state index in [0.717, 1.165) is 4.47 Å². The number of halogens is 1. The molecule has 0 radical (unpaired) electrons. The minimum atomic E-state index is -0.242. The van der Waals surface area contributed by atoms with Crippen molar-refractivity contribution in [3.63, 3.8) is 0 Å². The summed E-state index contributed by atoms with van der Waals surface area (Å²) >= 11 is 3.40. The molecule has 0 saturated heterocycles. The average molecular weight is 326 g/mol. The number of hydrogen-bond acceptors (Lipinski definition) is 4. The standard InChI is InChI=1S/C12H16BrN5O/c1-12(2,3)16-9(19)7-14-11-15-10-8(13)5-4-6-18(10)17-11/h4-6H,7H2,1-3H3,(H,14,17)(H,16,19). The number of nitrogens with zero attached hydrogens (tertiary/aromatic N) is 3. The summed E-state index contributed by atoms with van der Waals surface area (Å²) in [5.74, 6) is 0.335. The quantitative estimate of drug-likeness (QED) is 0.903. The number of nitrogens with one attached hydrogen (secondary N) is 2. The van der Waals surface area contributed by atoms with E-state index >= 15 is 0 Å². The highest BCUT2D eigenvalue weighted by molar-refractivity contribution is 9.10. The summed E-state index contributed by atoms with van der Waals surface area (Å²) in [7, 11) is 0. The number of fused-ring (bicyclic) bond motifs is 1. The third-order valence-corrected chi connectivity index (χ3v) is 2.86. The highest BCUT2D eigenvalue weighted by Gasteiger charge is 2.14. The van der Waals surface area contributed by atoms with Crippen LogP contribution in [0.25, 0.3) is 5.65 Å². The van der Waals surface area contributed by atoms with Gasteiger partial charge in [-0.05, 0) is 48.8 Å². The Balaban J connectivity index is 2.02. The molecule has 2 aromatic heterocycles. The zero-order chi connectivity index (χ0) is 14.0. The van der Waals surface area contributed by atoms with Crippen molar-refractivity contribution in [2.75, 3.05) is 11.9 Å². The van der Waals surface area contributed by atoms with Crippen LogP contribution in [0.4, 0.5) is 5.95 Å². The van der Waals surface area contributed by atoms with E-state index < -0.39 is 0 Å². The smallest absolute Gasteiger partial charge is 0.243 e. The highest BCUT2D eigenvalue weighted by atomic mass is 79.9. The van der Waals surface area contributed by atoms with E-state index in [1.165, 1.54) is 0 Å². The van der Waals surface area contributed by atoms with Gasteiger partial charge in [0, 0.05) is 11.7 Å². The van der Waals surface area contributed by atoms with Crippen LogP contribution in [0.5, 0.6) is 0 Å². The largest absolute Gasteiger partial charge is 0.350 e. The molecule has 7 heteroatoms. The molecule has 102 valence electrons. The van der Waals surface area contributed by atoms with E-state index in [4.69, 9.17) is 0 Å². The summed E-state index contributed by atoms with van der Waals surface area (Å²) in [5, 5.41) is 10.00. The normalized spacial score (nSPS) is 11.6. The fourth-order valence-corrected chi connectivity index (χ4v) is 1.99. The lowest BCUT2D eigenvalue weighted by molar-refractivity contribution is -0.120. The van der Waals surface area contributed by atoms with E-state index in [-0.39, 0.29) is 18.0 Å². The van der Waals surface area contributed by atoms with Crippen LogP contribution in [-0.2, 0) is 4.79 Å². The minimum Gasteiger partial charge on any atom is -0.350 e. The Hall–Kier alpha value is -1.63. The third-order valence-electron chi connectivity index (χ3n) is 2.24. The maximum absolute atomic E-state index is 11.7. The van der Waals surface area contributed by atoms with Crippen LogP contribution in [0.15, 0.2) is 22.8 Å². The van der Waals surface area contributed by atoms with E-state index in [2.05, 4.69) is 36.6 Å². The van der Waals surface area contributed by atoms with Gasteiger partial charge in [0.1, 0.15) is 0 Å². The summed E-state index contributed by atoms with van der Waals surface area (Å²) in [6, 6.07) is 3.75. The lowest BCUT2D eigenvalue weighted by atomic mass is 10.1. The van der Waals surface area contributed by atoms with Crippen LogP contribution in [0.3, 0.4) is 0 Å². The Labute approximate surface area is 119 Å². The minimum absolute atomic E-state index is 0.0922. The molecule has 0 unspecified atom stereocenters. The second-order valence-electron chi connectivity index (χ2n) is 5.21. The number of hydrogen-bond donors (Lipinski definition) is 2. The SMILES string of the molecule is CC(C)(C)NC(=O)CNc1nc2c(Br)cccn2n1. The second kappa shape index (κ2) is 5.16. The zero-order valence-corrected chi connectivity index (χ0v) is 12.7. The number of pyridine rings is 1. The monoisotopic (exact) mass is 325 g/mol. The van der Waals surface area contributed by atoms with Gasteiger partial charge in [0.2, 0.25) is 11.9 Å². The molecule has 1 amide bonds. The zero-order valence-electron chi connectivity index (χ0n) is 11.1. The number of amides is 1. The lowest BCUT2D eigenvalue weighted by Gasteiger charge is -2.20. The molecule has 6 nitrogen and oxygen atoms in total. The predicted molar refractivity (Wildman–Crippen MR) is 77.1 cm³/mol. The Bertz CT molecular complexity index is 602. The Morgan fingerprint density at radius 1 is 1.47 bits per heavy atom. The molecule has 19 heavy (non-hydrogen) atoms. The first-order chi connectivity index (χ1) is 8.85. The first-order valence-electron chi connectivity index (χ1n) is 5.91. The van der Waals surface area contributed by atoms with E-state index in [1.54, 1.807) is 10.7 Å². The van der Waals surface area contributed by atoms with Gasteiger partial charge in [-0.2, -0.15) is 4.98 Å². The van der Waals surface area contributed by atoms with Gasteiger partial charge in [-0.1, -0.05) is 0 Å². The van der Waals surface area contributed by atoms with Crippen molar-refractivity contribution in [1.82, 2.24) is 19.9 Å². The van der Waals surface area contributed by atoms with Crippen LogP contribution in [0.2, 0.25) is 0 Å². The molecule has 0 aliphatic carbocycles. The number of carbonyl (C=O) groups is 1. The van der Waals surface area contributed by atoms with Gasteiger partial charge in [-0.3, -0.25) is 4.79 Å². The van der Waals surface area contributed by atoms with Gasteiger partial charge in [0.15, 0.2) is 5.65 Å². The van der Waals surface area contributed by atoms with Gasteiger partial charge in [0.05, 0.1) is 11.0 Å². The molecular formula is C12H16BrN5O. The molecular weight excluding hydrogens is 310 g/mol. The van der Waals surface area contributed by atoms with Crippen molar-refractivity contribution in [1.29, 1.82) is 0 Å². The number of rotatable bonds is 3. The molecule has 2 heterocycles. The summed E-state index contributed by atoms with van der Waals surface area (Å²) in [4.78, 5) is 16.0. The second-order valence-corrected chi connectivity index (χ2v) is 6.07. The highest BCUT2D eigenvalue weighted by Crippen LogP contribution is 2.16. The molecule has 0 aliphatic rings. The number of aromatic nitrogens is 3. The van der Waals surface area contributed by atoms with Crippen LogP contribution in [0, 0.1) is 0 Å². The molecule has 0 bridgehead atoms. The maximum atomic E-state index is 11.7. The molecule has 0 fully saturated rings. The molecule has 2 N–H and O–H groups in total. The fraction of sp³-hybridized carbons (Fsp3) is 0.417. The van der Waals surface area contributed by atoms with Crippen LogP contribution in [-0.4, -0.2) is 32.6 Å². The summed E-state index contributed by atoms with van der Waals surface area (Å²) in [5.41, 5.74) is 0.468. The molecule has 0 aromatic carbocycles. The third kappa shape index (κ3) is 3.66. The van der Waals surface area contributed by atoms with Crippen molar-refractivity contribution in [3.05, 3.63) is 22.8 Å². The van der Waals surface area contributed by atoms with E-state index in [0.29, 0.717) is 11.6 Å². The van der Waals surface area contributed by atoms with E-state index in [9.17, 15) is 4.79 Å². The summed E-state index contributed by atoms with van der Waals surface area (Å²) < 4.78 is 2.50. The van der Waals surface area contributed by atoms with Gasteiger partial charge < -0.3 is 10.6 Å². The fourth-order valence-electron chi connectivity index (χ4n) is 1.57. The van der Waals surface area contributed by atoms with Crippen LogP contribution >= 0.6 is 15.9 Å². The predicted octanol–water partition coefficient (Wildman–Crippen LogP) is 1.82. The van der Waals surface area contributed by atoms with Gasteiger partial charge in [-0.15, -0.1) is 5.10 Å². The molecule has 0 spiro atoms. The first-order valence-corrected chi connectivity index (χ1v) is 6.70. The summed E-state index contributed by atoms with van der Waals surface area (Å²) in [6.45, 7) is 5.95. The molecule has 2 rings (SSSR count). The van der Waals surface area contributed by atoms with Gasteiger partial charge in [-0.25, -0.2) is 4.52 Å². The molecule has 2 aromatic rings. The van der Waals surface area contributed by atoms with Crippen LogP contribution in [0.1, 0.15) is 20.8 Å². The summed E-state index contributed by atoms with van der Waals surface area (Å²) in [6.07, 6.45) is 1.80. The Kier molecular flexibility index (Phi) is 3.75. The van der Waals surface area contributed by atoms with Crippen molar-refractivity contribution < 1.29 is 4.79 Å². The molecule has 0 atom stereocenters. The Morgan fingerprint density at radius 2 is 2.21 bits per heavy atom. The topological polar surface area (TPSA) is 71.3 Å². The molecule has 0 saturated carbocycles. The number of carbonyl (C=O) groups excluding carboxylic acids is 1. The van der Waals surface area contributed by atoms with Crippen molar-refractivity contribution in [2.45, 2.75) is 26.3 Å². The number of anilines is 1. The molecule has 0 aliphatic heterocycles. The Morgan fingerprint density at radius 3 is 2.84 bits per heavy atom. The van der Waals surface area contributed by atoms with E-state index in [1.807, 2.05) is 32.9 Å². The van der Waals surface area contributed by atoms with Crippen molar-refractivity contribution >= 4 is 33.4 Å². The maximum Gasteiger partial charge on any atom is 0.243 e. The average Bonchev–Trinajstić information content (AvgIpc) is 2.68.